The van der Waals surface area contributed by atoms with E-state index in [0.29, 0.717) is 6.54 Å². The minimum atomic E-state index is -0.329. The molecule has 0 heterocycles. The molecule has 0 fully saturated rings. The van der Waals surface area contributed by atoms with Crippen LogP contribution >= 0.6 is 11.6 Å². The van der Waals surface area contributed by atoms with Gasteiger partial charge >= 0.3 is 0 Å². The van der Waals surface area contributed by atoms with Crippen molar-refractivity contribution in [3.8, 4) is 11.5 Å². The summed E-state index contributed by atoms with van der Waals surface area (Å²) in [5, 5.41) is 18.4. The maximum Gasteiger partial charge on any atom is 0.257 e. The van der Waals surface area contributed by atoms with Crippen molar-refractivity contribution in [3.63, 3.8) is 0 Å². The second kappa shape index (κ2) is 5.07. The van der Waals surface area contributed by atoms with E-state index in [1.807, 2.05) is 0 Å². The summed E-state index contributed by atoms with van der Waals surface area (Å²) in [5.74, 6) is -0.647. The Morgan fingerprint density at radius 2 is 2.12 bits per heavy atom. The highest BCUT2D eigenvalue weighted by atomic mass is 35.5. The van der Waals surface area contributed by atoms with Crippen LogP contribution in [0.5, 0.6) is 11.5 Å². The summed E-state index contributed by atoms with van der Waals surface area (Å²) in [6.07, 6.45) is 0. The van der Waals surface area contributed by atoms with E-state index in [4.69, 9.17) is 16.7 Å². The van der Waals surface area contributed by atoms with E-state index in [9.17, 15) is 9.90 Å². The predicted octanol–water partition coefficient (Wildman–Crippen LogP) is 1.80. The summed E-state index contributed by atoms with van der Waals surface area (Å²) >= 11 is 5.77. The molecule has 5 heteroatoms. The van der Waals surface area contributed by atoms with Gasteiger partial charge in [-0.25, -0.2) is 0 Å². The lowest BCUT2D eigenvalue weighted by atomic mass is 10.1. The molecule has 1 rings (SSSR count). The number of alkyl halides is 1. The fraction of sp³-hybridized carbons (Fsp3) is 0.364. The molecule has 0 radical (unpaired) electrons. The monoisotopic (exact) mass is 243 g/mol. The van der Waals surface area contributed by atoms with Gasteiger partial charge in [0.15, 0.2) is 0 Å². The Balaban J connectivity index is 2.88. The third-order valence-electron chi connectivity index (χ3n) is 2.08. The minimum Gasteiger partial charge on any atom is -0.508 e. The molecule has 1 unspecified atom stereocenters. The molecule has 2 N–H and O–H groups in total. The second-order valence-corrected chi connectivity index (χ2v) is 4.41. The normalized spacial score (nSPS) is 12.2. The van der Waals surface area contributed by atoms with Crippen LogP contribution in [-0.2, 0) is 0 Å². The Kier molecular flexibility index (Phi) is 4.01. The van der Waals surface area contributed by atoms with Gasteiger partial charge in [0, 0.05) is 25.0 Å². The highest BCUT2D eigenvalue weighted by molar-refractivity contribution is 6.20. The van der Waals surface area contributed by atoms with E-state index >= 15 is 0 Å². The molecular weight excluding hydrogens is 230 g/mol. The van der Waals surface area contributed by atoms with Crippen LogP contribution < -0.4 is 0 Å². The molecule has 0 saturated carbocycles. The molecule has 1 aromatic rings. The first-order chi connectivity index (χ1) is 7.41. The van der Waals surface area contributed by atoms with Crippen molar-refractivity contribution in [1.82, 2.24) is 4.90 Å². The largest absolute Gasteiger partial charge is 0.508 e. The number of amides is 1. The molecule has 1 aromatic carbocycles. The zero-order valence-electron chi connectivity index (χ0n) is 9.14. The quantitative estimate of drug-likeness (QED) is 0.796. The maximum absolute atomic E-state index is 11.8. The lowest BCUT2D eigenvalue weighted by Gasteiger charge is -2.18. The molecule has 0 saturated heterocycles. The summed E-state index contributed by atoms with van der Waals surface area (Å²) in [6.45, 7) is 2.17. The van der Waals surface area contributed by atoms with Crippen molar-refractivity contribution in [3.05, 3.63) is 23.8 Å². The maximum atomic E-state index is 11.8. The number of hydrogen-bond acceptors (Lipinski definition) is 3. The van der Waals surface area contributed by atoms with E-state index in [-0.39, 0.29) is 28.3 Å². The highest BCUT2D eigenvalue weighted by Crippen LogP contribution is 2.23. The van der Waals surface area contributed by atoms with Gasteiger partial charge in [0.1, 0.15) is 11.5 Å². The van der Waals surface area contributed by atoms with Crippen molar-refractivity contribution in [2.24, 2.45) is 0 Å². The number of halogens is 1. The topological polar surface area (TPSA) is 60.8 Å². The zero-order chi connectivity index (χ0) is 12.3. The molecule has 0 aliphatic carbocycles. The number of carbonyl (C=O) groups is 1. The van der Waals surface area contributed by atoms with Gasteiger partial charge in [0.05, 0.1) is 5.56 Å². The number of phenolic OH excluding ortho intramolecular Hbond substituents is 2. The first-order valence-corrected chi connectivity index (χ1v) is 5.27. The molecule has 0 spiro atoms. The molecule has 1 amide bonds. The number of nitrogens with zero attached hydrogens (tertiary/aromatic N) is 1. The Labute approximate surface area is 99.1 Å². The standard InChI is InChI=1S/C11H14ClNO3/c1-7(12)6-13(2)11(16)9-4-3-8(14)5-10(9)15/h3-5,7,14-15H,6H2,1-2H3. The van der Waals surface area contributed by atoms with Crippen molar-refractivity contribution in [2.75, 3.05) is 13.6 Å². The molecule has 0 aromatic heterocycles. The van der Waals surface area contributed by atoms with Crippen molar-refractivity contribution in [1.29, 1.82) is 0 Å². The van der Waals surface area contributed by atoms with E-state index in [2.05, 4.69) is 0 Å². The van der Waals surface area contributed by atoms with E-state index in [0.717, 1.165) is 6.07 Å². The Hall–Kier alpha value is -1.42. The van der Waals surface area contributed by atoms with Gasteiger partial charge in [-0.3, -0.25) is 4.79 Å². The van der Waals surface area contributed by atoms with Crippen LogP contribution in [0, 0.1) is 0 Å². The second-order valence-electron chi connectivity index (χ2n) is 3.67. The molecular formula is C11H14ClNO3. The third-order valence-corrected chi connectivity index (χ3v) is 2.22. The summed E-state index contributed by atoms with van der Waals surface area (Å²) in [5.41, 5.74) is 0.151. The molecule has 0 aliphatic rings. The van der Waals surface area contributed by atoms with Crippen LogP contribution in [0.1, 0.15) is 17.3 Å². The first kappa shape index (κ1) is 12.6. The lowest BCUT2D eigenvalue weighted by molar-refractivity contribution is 0.0793. The van der Waals surface area contributed by atoms with E-state index in [1.54, 1.807) is 14.0 Å². The number of phenols is 2. The smallest absolute Gasteiger partial charge is 0.257 e. The number of rotatable bonds is 3. The molecule has 1 atom stereocenters. The molecule has 16 heavy (non-hydrogen) atoms. The van der Waals surface area contributed by atoms with Crippen LogP contribution in [0.15, 0.2) is 18.2 Å². The first-order valence-electron chi connectivity index (χ1n) is 4.83. The van der Waals surface area contributed by atoms with Gasteiger partial charge < -0.3 is 15.1 Å². The summed E-state index contributed by atoms with van der Waals surface area (Å²) in [6, 6.07) is 3.86. The van der Waals surface area contributed by atoms with Crippen LogP contribution in [-0.4, -0.2) is 40.0 Å². The SMILES string of the molecule is CC(Cl)CN(C)C(=O)c1ccc(O)cc1O. The van der Waals surface area contributed by atoms with E-state index < -0.39 is 0 Å². The average Bonchev–Trinajstić information content (AvgIpc) is 2.15. The summed E-state index contributed by atoms with van der Waals surface area (Å²) in [7, 11) is 1.60. The van der Waals surface area contributed by atoms with Crippen LogP contribution in [0.25, 0.3) is 0 Å². The van der Waals surface area contributed by atoms with Gasteiger partial charge in [-0.2, -0.15) is 0 Å². The van der Waals surface area contributed by atoms with Crippen LogP contribution in [0.3, 0.4) is 0 Å². The zero-order valence-corrected chi connectivity index (χ0v) is 9.90. The Bertz CT molecular complexity index is 393. The minimum absolute atomic E-state index is 0.0811. The Morgan fingerprint density at radius 1 is 1.50 bits per heavy atom. The van der Waals surface area contributed by atoms with E-state index in [1.165, 1.54) is 17.0 Å². The number of aromatic hydroxyl groups is 2. The van der Waals surface area contributed by atoms with Gasteiger partial charge in [-0.15, -0.1) is 11.6 Å². The fourth-order valence-corrected chi connectivity index (χ4v) is 1.57. The number of hydrogen-bond donors (Lipinski definition) is 2. The predicted molar refractivity (Wildman–Crippen MR) is 62.0 cm³/mol. The van der Waals surface area contributed by atoms with Crippen molar-refractivity contribution < 1.29 is 15.0 Å². The third kappa shape index (κ3) is 3.03. The van der Waals surface area contributed by atoms with Gasteiger partial charge in [0.25, 0.3) is 5.91 Å². The molecule has 88 valence electrons. The van der Waals surface area contributed by atoms with Crippen molar-refractivity contribution >= 4 is 17.5 Å². The van der Waals surface area contributed by atoms with Crippen molar-refractivity contribution in [2.45, 2.75) is 12.3 Å². The molecule has 4 nitrogen and oxygen atoms in total. The summed E-state index contributed by atoms with van der Waals surface area (Å²) in [4.78, 5) is 13.3. The average molecular weight is 244 g/mol. The molecule has 0 aliphatic heterocycles. The fourth-order valence-electron chi connectivity index (χ4n) is 1.37. The number of benzene rings is 1. The highest BCUT2D eigenvalue weighted by Gasteiger charge is 2.17. The van der Waals surface area contributed by atoms with Crippen LogP contribution in [0.4, 0.5) is 0 Å². The molecule has 0 bridgehead atoms. The van der Waals surface area contributed by atoms with Gasteiger partial charge in [-0.1, -0.05) is 0 Å². The van der Waals surface area contributed by atoms with Crippen LogP contribution in [0.2, 0.25) is 0 Å². The number of carbonyl (C=O) groups excluding carboxylic acids is 1. The lowest BCUT2D eigenvalue weighted by Crippen LogP contribution is -2.31. The Morgan fingerprint density at radius 3 is 2.62 bits per heavy atom. The van der Waals surface area contributed by atoms with Gasteiger partial charge in [0.2, 0.25) is 0 Å². The summed E-state index contributed by atoms with van der Waals surface area (Å²) < 4.78 is 0. The van der Waals surface area contributed by atoms with Gasteiger partial charge in [-0.05, 0) is 19.1 Å².